The first-order chi connectivity index (χ1) is 8.85. The van der Waals surface area contributed by atoms with Crippen LogP contribution in [0.15, 0.2) is 30.5 Å². The lowest BCUT2D eigenvalue weighted by Gasteiger charge is -2.09. The van der Waals surface area contributed by atoms with E-state index in [4.69, 9.17) is 17.3 Å². The summed E-state index contributed by atoms with van der Waals surface area (Å²) in [6.45, 7) is 0. The number of aromatic nitrogens is 2. The van der Waals surface area contributed by atoms with Crippen molar-refractivity contribution < 1.29 is 17.9 Å². The third-order valence-corrected chi connectivity index (χ3v) is 2.37. The normalized spacial score (nSPS) is 11.4. The van der Waals surface area contributed by atoms with Crippen molar-refractivity contribution in [1.82, 2.24) is 9.97 Å². The molecule has 0 saturated heterocycles. The van der Waals surface area contributed by atoms with Crippen molar-refractivity contribution in [3.05, 3.63) is 35.7 Å². The monoisotopic (exact) mass is 289 g/mol. The highest BCUT2D eigenvalue weighted by Gasteiger charge is 2.30. The van der Waals surface area contributed by atoms with Gasteiger partial charge in [-0.05, 0) is 29.3 Å². The number of nitrogens with two attached hydrogens (primary N) is 1. The molecule has 1 aromatic heterocycles. The highest BCUT2D eigenvalue weighted by atomic mass is 35.5. The van der Waals surface area contributed by atoms with Crippen molar-refractivity contribution in [2.24, 2.45) is 0 Å². The summed E-state index contributed by atoms with van der Waals surface area (Å²) in [6.07, 6.45) is -3.33. The van der Waals surface area contributed by atoms with Crippen molar-refractivity contribution in [3.8, 4) is 16.9 Å². The van der Waals surface area contributed by atoms with E-state index in [9.17, 15) is 13.2 Å². The van der Waals surface area contributed by atoms with E-state index in [1.165, 1.54) is 30.5 Å². The first kappa shape index (κ1) is 13.4. The number of ether oxygens (including phenoxy) is 1. The number of alkyl halides is 3. The highest BCUT2D eigenvalue weighted by Crippen LogP contribution is 2.28. The van der Waals surface area contributed by atoms with E-state index in [0.29, 0.717) is 11.1 Å². The van der Waals surface area contributed by atoms with Crippen LogP contribution in [0.25, 0.3) is 11.1 Å². The third kappa shape index (κ3) is 3.47. The van der Waals surface area contributed by atoms with Crippen LogP contribution in [0.2, 0.25) is 5.28 Å². The average molecular weight is 290 g/mol. The predicted octanol–water partition coefficient (Wildman–Crippen LogP) is 3.28. The van der Waals surface area contributed by atoms with Gasteiger partial charge in [-0.1, -0.05) is 12.1 Å². The molecule has 2 aromatic rings. The van der Waals surface area contributed by atoms with E-state index in [-0.39, 0.29) is 16.9 Å². The zero-order valence-electron chi connectivity index (χ0n) is 9.28. The third-order valence-electron chi connectivity index (χ3n) is 2.19. The molecule has 1 heterocycles. The number of hydrogen-bond acceptors (Lipinski definition) is 4. The molecule has 0 spiro atoms. The Kier molecular flexibility index (Phi) is 3.48. The van der Waals surface area contributed by atoms with Gasteiger partial charge in [-0.2, -0.15) is 0 Å². The summed E-state index contributed by atoms with van der Waals surface area (Å²) in [5.74, 6) is -0.172. The molecule has 100 valence electrons. The number of rotatable bonds is 2. The first-order valence-corrected chi connectivity index (χ1v) is 5.37. The molecule has 0 aliphatic carbocycles. The minimum Gasteiger partial charge on any atom is -0.406 e. The molecule has 0 amide bonds. The molecule has 4 nitrogen and oxygen atoms in total. The molecule has 0 aliphatic heterocycles. The summed E-state index contributed by atoms with van der Waals surface area (Å²) < 4.78 is 39.7. The zero-order chi connectivity index (χ0) is 14.0. The SMILES string of the molecule is Nc1nc(Cl)ncc1-c1ccc(OC(F)(F)F)cc1. The van der Waals surface area contributed by atoms with E-state index in [1.807, 2.05) is 0 Å². The lowest BCUT2D eigenvalue weighted by atomic mass is 10.1. The van der Waals surface area contributed by atoms with Crippen molar-refractivity contribution in [3.63, 3.8) is 0 Å². The second kappa shape index (κ2) is 4.93. The number of halogens is 4. The minimum atomic E-state index is -4.72. The molecule has 0 unspecified atom stereocenters. The largest absolute Gasteiger partial charge is 0.573 e. The van der Waals surface area contributed by atoms with Crippen LogP contribution in [0, 0.1) is 0 Å². The molecule has 19 heavy (non-hydrogen) atoms. The summed E-state index contributed by atoms with van der Waals surface area (Å²) in [5, 5.41) is -0.00160. The molecule has 8 heteroatoms. The molecule has 0 aliphatic rings. The van der Waals surface area contributed by atoms with Crippen LogP contribution in [-0.2, 0) is 0 Å². The zero-order valence-corrected chi connectivity index (χ0v) is 10.0. The number of benzene rings is 1. The fraction of sp³-hybridized carbons (Fsp3) is 0.0909. The number of nitrogens with zero attached hydrogens (tertiary/aromatic N) is 2. The Morgan fingerprint density at radius 2 is 1.79 bits per heavy atom. The molecule has 0 saturated carbocycles. The fourth-order valence-corrected chi connectivity index (χ4v) is 1.57. The summed E-state index contributed by atoms with van der Waals surface area (Å²) in [7, 11) is 0. The van der Waals surface area contributed by atoms with E-state index in [1.54, 1.807) is 0 Å². The number of nitrogen functional groups attached to an aromatic ring is 1. The fourth-order valence-electron chi connectivity index (χ4n) is 1.43. The Bertz CT molecular complexity index is 587. The van der Waals surface area contributed by atoms with Gasteiger partial charge in [0.2, 0.25) is 5.28 Å². The van der Waals surface area contributed by atoms with Crippen LogP contribution in [0.3, 0.4) is 0 Å². The summed E-state index contributed by atoms with van der Waals surface area (Å²) >= 11 is 5.56. The summed E-state index contributed by atoms with van der Waals surface area (Å²) in [6, 6.07) is 5.20. The van der Waals surface area contributed by atoms with E-state index < -0.39 is 6.36 Å². The summed E-state index contributed by atoms with van der Waals surface area (Å²) in [5.41, 5.74) is 6.68. The maximum absolute atomic E-state index is 12.0. The molecule has 2 N–H and O–H groups in total. The van der Waals surface area contributed by atoms with Crippen molar-refractivity contribution >= 4 is 17.4 Å². The quantitative estimate of drug-likeness (QED) is 0.862. The van der Waals surface area contributed by atoms with Crippen LogP contribution in [0.5, 0.6) is 5.75 Å². The van der Waals surface area contributed by atoms with Crippen LogP contribution in [0.4, 0.5) is 19.0 Å². The van der Waals surface area contributed by atoms with Crippen LogP contribution < -0.4 is 10.5 Å². The number of anilines is 1. The van der Waals surface area contributed by atoms with E-state index in [2.05, 4.69) is 14.7 Å². The molecule has 0 fully saturated rings. The van der Waals surface area contributed by atoms with Crippen molar-refractivity contribution in [2.75, 3.05) is 5.73 Å². The van der Waals surface area contributed by atoms with Gasteiger partial charge in [0.05, 0.1) is 0 Å². The van der Waals surface area contributed by atoms with Gasteiger partial charge in [0.15, 0.2) is 0 Å². The Morgan fingerprint density at radius 3 is 2.32 bits per heavy atom. The van der Waals surface area contributed by atoms with E-state index >= 15 is 0 Å². The van der Waals surface area contributed by atoms with Crippen LogP contribution >= 0.6 is 11.6 Å². The molecular formula is C11H7ClF3N3O. The lowest BCUT2D eigenvalue weighted by Crippen LogP contribution is -2.16. The first-order valence-electron chi connectivity index (χ1n) is 4.99. The minimum absolute atomic E-state index is 0.00160. The van der Waals surface area contributed by atoms with Crippen LogP contribution in [0.1, 0.15) is 0 Å². The number of hydrogen-bond donors (Lipinski definition) is 1. The van der Waals surface area contributed by atoms with Gasteiger partial charge in [0.1, 0.15) is 11.6 Å². The Hall–Kier alpha value is -2.02. The molecule has 0 bridgehead atoms. The van der Waals surface area contributed by atoms with Gasteiger partial charge in [0, 0.05) is 11.8 Å². The molecule has 0 radical (unpaired) electrons. The second-order valence-corrected chi connectivity index (χ2v) is 3.85. The maximum Gasteiger partial charge on any atom is 0.573 e. The Morgan fingerprint density at radius 1 is 1.16 bits per heavy atom. The standard InChI is InChI=1S/C11H7ClF3N3O/c12-10-17-5-8(9(16)18-10)6-1-3-7(4-2-6)19-11(13,14)15/h1-5H,(H2,16,17,18). The Balaban J connectivity index is 2.27. The van der Waals surface area contributed by atoms with Crippen molar-refractivity contribution in [2.45, 2.75) is 6.36 Å². The van der Waals surface area contributed by atoms with Gasteiger partial charge in [-0.25, -0.2) is 9.97 Å². The average Bonchev–Trinajstić information content (AvgIpc) is 2.28. The topological polar surface area (TPSA) is 61.0 Å². The lowest BCUT2D eigenvalue weighted by molar-refractivity contribution is -0.274. The highest BCUT2D eigenvalue weighted by molar-refractivity contribution is 6.28. The van der Waals surface area contributed by atoms with E-state index in [0.717, 1.165) is 0 Å². The van der Waals surface area contributed by atoms with Crippen LogP contribution in [-0.4, -0.2) is 16.3 Å². The van der Waals surface area contributed by atoms with Crippen molar-refractivity contribution in [1.29, 1.82) is 0 Å². The smallest absolute Gasteiger partial charge is 0.406 e. The van der Waals surface area contributed by atoms with Gasteiger partial charge in [0.25, 0.3) is 0 Å². The van der Waals surface area contributed by atoms with Gasteiger partial charge in [-0.15, -0.1) is 13.2 Å². The molecular weight excluding hydrogens is 283 g/mol. The molecule has 2 rings (SSSR count). The Labute approximate surface area is 111 Å². The molecule has 0 atom stereocenters. The maximum atomic E-state index is 12.0. The van der Waals surface area contributed by atoms with Gasteiger partial charge in [-0.3, -0.25) is 0 Å². The molecule has 1 aromatic carbocycles. The predicted molar refractivity (Wildman–Crippen MR) is 63.6 cm³/mol. The summed E-state index contributed by atoms with van der Waals surface area (Å²) in [4.78, 5) is 7.51. The second-order valence-electron chi connectivity index (χ2n) is 3.51. The van der Waals surface area contributed by atoms with Gasteiger partial charge >= 0.3 is 6.36 Å². The van der Waals surface area contributed by atoms with Gasteiger partial charge < -0.3 is 10.5 Å².